The highest BCUT2D eigenvalue weighted by molar-refractivity contribution is 5.95. The lowest BCUT2D eigenvalue weighted by molar-refractivity contribution is -0.140. The lowest BCUT2D eigenvalue weighted by atomic mass is 10.1. The molecular formula is C15H22N2O4. The minimum atomic E-state index is -0.277. The molecule has 2 N–H and O–H groups in total. The summed E-state index contributed by atoms with van der Waals surface area (Å²) >= 11 is 0. The molecule has 0 bridgehead atoms. The Bertz CT molecular complexity index is 502. The van der Waals surface area contributed by atoms with Crippen molar-refractivity contribution in [3.63, 3.8) is 0 Å². The van der Waals surface area contributed by atoms with Crippen molar-refractivity contribution in [1.29, 1.82) is 0 Å². The Hall–Kier alpha value is -2.24. The molecule has 21 heavy (non-hydrogen) atoms. The summed E-state index contributed by atoms with van der Waals surface area (Å²) in [5.41, 5.74) is 6.78. The smallest absolute Gasteiger partial charge is 0.305 e. The van der Waals surface area contributed by atoms with Crippen LogP contribution in [-0.4, -0.2) is 44.1 Å². The lowest BCUT2D eigenvalue weighted by Crippen LogP contribution is -2.28. The molecule has 6 heteroatoms. The second-order valence-corrected chi connectivity index (χ2v) is 4.59. The molecule has 1 rings (SSSR count). The summed E-state index contributed by atoms with van der Waals surface area (Å²) in [6.07, 6.45) is 0.848. The Morgan fingerprint density at radius 2 is 2.05 bits per heavy atom. The molecule has 0 heterocycles. The van der Waals surface area contributed by atoms with Gasteiger partial charge in [0, 0.05) is 25.6 Å². The van der Waals surface area contributed by atoms with Crippen molar-refractivity contribution < 1.29 is 19.1 Å². The molecule has 116 valence electrons. The molecule has 0 spiro atoms. The summed E-state index contributed by atoms with van der Waals surface area (Å²) in [5.74, 6) is 0.151. The molecule has 0 saturated carbocycles. The number of benzene rings is 1. The van der Waals surface area contributed by atoms with Crippen molar-refractivity contribution in [1.82, 2.24) is 4.90 Å². The number of rotatable bonds is 7. The van der Waals surface area contributed by atoms with E-state index >= 15 is 0 Å². The number of carbonyl (C=O) groups is 2. The number of carbonyl (C=O) groups excluding carboxylic acids is 2. The summed E-state index contributed by atoms with van der Waals surface area (Å²) in [6.45, 7) is 2.86. The normalized spacial score (nSPS) is 10.0. The number of esters is 1. The number of amides is 1. The Kier molecular flexibility index (Phi) is 6.52. The topological polar surface area (TPSA) is 81.9 Å². The molecule has 1 aromatic rings. The van der Waals surface area contributed by atoms with Gasteiger partial charge in [0.25, 0.3) is 5.91 Å². The van der Waals surface area contributed by atoms with E-state index in [0.29, 0.717) is 43.0 Å². The van der Waals surface area contributed by atoms with Gasteiger partial charge in [0.05, 0.1) is 19.4 Å². The number of nitrogens with zero attached hydrogens (tertiary/aromatic N) is 1. The summed E-state index contributed by atoms with van der Waals surface area (Å²) in [7, 11) is 3.03. The van der Waals surface area contributed by atoms with Crippen LogP contribution in [0, 0.1) is 0 Å². The minimum absolute atomic E-state index is 0.144. The van der Waals surface area contributed by atoms with Gasteiger partial charge in [-0.1, -0.05) is 0 Å². The van der Waals surface area contributed by atoms with Gasteiger partial charge >= 0.3 is 5.97 Å². The maximum Gasteiger partial charge on any atom is 0.305 e. The van der Waals surface area contributed by atoms with Gasteiger partial charge < -0.3 is 20.1 Å². The molecule has 0 radical (unpaired) electrons. The average Bonchev–Trinajstić information content (AvgIpc) is 2.48. The van der Waals surface area contributed by atoms with Gasteiger partial charge in [0.1, 0.15) is 5.75 Å². The number of ether oxygens (including phenoxy) is 2. The van der Waals surface area contributed by atoms with E-state index in [9.17, 15) is 9.59 Å². The van der Waals surface area contributed by atoms with E-state index in [0.717, 1.165) is 0 Å². The van der Waals surface area contributed by atoms with Crippen LogP contribution in [0.5, 0.6) is 5.75 Å². The second-order valence-electron chi connectivity index (χ2n) is 4.59. The molecule has 0 aromatic heterocycles. The largest absolute Gasteiger partial charge is 0.492 e. The average molecular weight is 294 g/mol. The van der Waals surface area contributed by atoms with Gasteiger partial charge in [-0.15, -0.1) is 0 Å². The van der Waals surface area contributed by atoms with Gasteiger partial charge in [-0.25, -0.2) is 0 Å². The van der Waals surface area contributed by atoms with E-state index in [2.05, 4.69) is 4.74 Å². The molecular weight excluding hydrogens is 272 g/mol. The fourth-order valence-electron chi connectivity index (χ4n) is 1.85. The molecule has 6 nitrogen and oxygen atoms in total. The van der Waals surface area contributed by atoms with Crippen LogP contribution in [0.2, 0.25) is 0 Å². The summed E-state index contributed by atoms with van der Waals surface area (Å²) in [6, 6.07) is 4.97. The highest BCUT2D eigenvalue weighted by Gasteiger charge is 2.13. The van der Waals surface area contributed by atoms with Crippen molar-refractivity contribution in [3.05, 3.63) is 23.8 Å². The molecule has 0 atom stereocenters. The van der Waals surface area contributed by atoms with Crippen LogP contribution >= 0.6 is 0 Å². The van der Waals surface area contributed by atoms with E-state index in [4.69, 9.17) is 10.5 Å². The van der Waals surface area contributed by atoms with Crippen molar-refractivity contribution in [2.24, 2.45) is 0 Å². The Morgan fingerprint density at radius 3 is 2.62 bits per heavy atom. The van der Waals surface area contributed by atoms with E-state index in [-0.39, 0.29) is 11.9 Å². The fourth-order valence-corrected chi connectivity index (χ4v) is 1.85. The first-order valence-electron chi connectivity index (χ1n) is 6.84. The number of methoxy groups -OCH3 is 1. The monoisotopic (exact) mass is 294 g/mol. The summed E-state index contributed by atoms with van der Waals surface area (Å²) in [5, 5.41) is 0. The molecule has 0 aliphatic rings. The van der Waals surface area contributed by atoms with E-state index in [1.807, 2.05) is 6.92 Å². The lowest BCUT2D eigenvalue weighted by Gasteiger charge is -2.17. The molecule has 0 saturated heterocycles. The van der Waals surface area contributed by atoms with Crippen LogP contribution in [0.1, 0.15) is 30.1 Å². The maximum atomic E-state index is 12.2. The van der Waals surface area contributed by atoms with Gasteiger partial charge in [0.15, 0.2) is 0 Å². The van der Waals surface area contributed by atoms with Gasteiger partial charge in [-0.05, 0) is 31.5 Å². The first kappa shape index (κ1) is 16.8. The van der Waals surface area contributed by atoms with Gasteiger partial charge in [0.2, 0.25) is 0 Å². The highest BCUT2D eigenvalue weighted by atomic mass is 16.5. The van der Waals surface area contributed by atoms with E-state index < -0.39 is 0 Å². The van der Waals surface area contributed by atoms with Crippen molar-refractivity contribution >= 4 is 17.6 Å². The van der Waals surface area contributed by atoms with Gasteiger partial charge in [-0.3, -0.25) is 9.59 Å². The Morgan fingerprint density at radius 1 is 1.33 bits per heavy atom. The quantitative estimate of drug-likeness (QED) is 0.611. The van der Waals surface area contributed by atoms with Crippen LogP contribution in [-0.2, 0) is 9.53 Å². The molecule has 0 fully saturated rings. The van der Waals surface area contributed by atoms with Gasteiger partial charge in [-0.2, -0.15) is 0 Å². The predicted octanol–water partition coefficient (Wildman–Crippen LogP) is 1.69. The van der Waals surface area contributed by atoms with Crippen LogP contribution < -0.4 is 10.5 Å². The molecule has 0 unspecified atom stereocenters. The third kappa shape index (κ3) is 4.98. The zero-order valence-corrected chi connectivity index (χ0v) is 12.7. The number of anilines is 1. The molecule has 0 aliphatic carbocycles. The zero-order chi connectivity index (χ0) is 15.8. The van der Waals surface area contributed by atoms with E-state index in [1.165, 1.54) is 7.11 Å². The third-order valence-electron chi connectivity index (χ3n) is 3.01. The first-order chi connectivity index (χ1) is 9.99. The second kappa shape index (κ2) is 8.14. The summed E-state index contributed by atoms with van der Waals surface area (Å²) < 4.78 is 9.89. The number of hydrogen-bond donors (Lipinski definition) is 1. The zero-order valence-electron chi connectivity index (χ0n) is 12.7. The van der Waals surface area contributed by atoms with Crippen LogP contribution in [0.25, 0.3) is 0 Å². The van der Waals surface area contributed by atoms with Crippen LogP contribution in [0.4, 0.5) is 5.69 Å². The van der Waals surface area contributed by atoms with Crippen molar-refractivity contribution in [3.8, 4) is 5.75 Å². The SMILES string of the molecule is CCOc1ccc(C(=O)N(C)CCCC(=O)OC)cc1N. The first-order valence-corrected chi connectivity index (χ1v) is 6.84. The third-order valence-corrected chi connectivity index (χ3v) is 3.01. The number of hydrogen-bond acceptors (Lipinski definition) is 5. The summed E-state index contributed by atoms with van der Waals surface area (Å²) in [4.78, 5) is 24.8. The van der Waals surface area contributed by atoms with E-state index in [1.54, 1.807) is 30.1 Å². The Balaban J connectivity index is 2.61. The Labute approximate surface area is 124 Å². The predicted molar refractivity (Wildman–Crippen MR) is 80.2 cm³/mol. The highest BCUT2D eigenvalue weighted by Crippen LogP contribution is 2.23. The number of nitrogens with two attached hydrogens (primary N) is 1. The standard InChI is InChI=1S/C15H22N2O4/c1-4-21-13-8-7-11(10-12(13)16)15(19)17(2)9-5-6-14(18)20-3/h7-8,10H,4-6,9,16H2,1-3H3. The van der Waals surface area contributed by atoms with Crippen LogP contribution in [0.3, 0.4) is 0 Å². The van der Waals surface area contributed by atoms with Crippen LogP contribution in [0.15, 0.2) is 18.2 Å². The van der Waals surface area contributed by atoms with Crippen molar-refractivity contribution in [2.75, 3.05) is 33.0 Å². The molecule has 1 aromatic carbocycles. The molecule has 0 aliphatic heterocycles. The number of nitrogen functional groups attached to an aromatic ring is 1. The minimum Gasteiger partial charge on any atom is -0.492 e. The maximum absolute atomic E-state index is 12.2. The fraction of sp³-hybridized carbons (Fsp3) is 0.467. The van der Waals surface area contributed by atoms with Crippen molar-refractivity contribution in [2.45, 2.75) is 19.8 Å². The molecule has 1 amide bonds.